The number of nitrogens with one attached hydrogen (secondary N) is 2. The Balaban J connectivity index is 1.57. The lowest BCUT2D eigenvalue weighted by Crippen LogP contribution is -2.34. The van der Waals surface area contributed by atoms with Crippen molar-refractivity contribution in [3.63, 3.8) is 0 Å². The van der Waals surface area contributed by atoms with Crippen LogP contribution in [0.1, 0.15) is 19.8 Å². The van der Waals surface area contributed by atoms with E-state index in [1.54, 1.807) is 12.1 Å². The molecule has 1 saturated heterocycles. The number of pyridine rings is 1. The number of piperidine rings is 1. The van der Waals surface area contributed by atoms with Crippen LogP contribution in [0.4, 0.5) is 30.6 Å². The van der Waals surface area contributed by atoms with Gasteiger partial charge in [-0.1, -0.05) is 19.1 Å². The van der Waals surface area contributed by atoms with Gasteiger partial charge < -0.3 is 19.9 Å². The Morgan fingerprint density at radius 2 is 1.91 bits per heavy atom. The highest BCUT2D eigenvalue weighted by Crippen LogP contribution is 2.26. The predicted octanol–water partition coefficient (Wildman–Crippen LogP) is 4.55. The number of aromatic amines is 1. The molecule has 2 aromatic heterocycles. The number of nitrogens with zero attached hydrogens (tertiary/aromatic N) is 3. The molecule has 0 amide bonds. The normalized spacial score (nSPS) is 14.6. The smallest absolute Gasteiger partial charge is 0.387 e. The summed E-state index contributed by atoms with van der Waals surface area (Å²) in [5.74, 6) is 0.271. The monoisotopic (exact) mass is 445 g/mol. The van der Waals surface area contributed by atoms with Gasteiger partial charge in [0.1, 0.15) is 11.4 Å². The van der Waals surface area contributed by atoms with Crippen LogP contribution in [0.3, 0.4) is 0 Å². The van der Waals surface area contributed by atoms with E-state index in [0.717, 1.165) is 32.1 Å². The summed E-state index contributed by atoms with van der Waals surface area (Å²) >= 11 is 0. The van der Waals surface area contributed by atoms with Crippen LogP contribution in [0.2, 0.25) is 0 Å². The Hall–Kier alpha value is -3.56. The molecule has 3 aromatic rings. The molecule has 1 fully saturated rings. The van der Waals surface area contributed by atoms with Gasteiger partial charge in [-0.2, -0.15) is 13.8 Å². The summed E-state index contributed by atoms with van der Waals surface area (Å²) in [5.41, 5.74) is 0.872. The molecule has 1 aliphatic heterocycles. The Morgan fingerprint density at radius 3 is 2.59 bits per heavy atom. The van der Waals surface area contributed by atoms with Crippen molar-refractivity contribution in [1.29, 1.82) is 0 Å². The molecule has 0 saturated carbocycles. The zero-order chi connectivity index (χ0) is 22.7. The van der Waals surface area contributed by atoms with Gasteiger partial charge in [0.2, 0.25) is 5.95 Å². The van der Waals surface area contributed by atoms with E-state index in [9.17, 15) is 18.0 Å². The van der Waals surface area contributed by atoms with Gasteiger partial charge in [0.15, 0.2) is 11.6 Å². The SMILES string of the molecule is CC1CCN(c2ncc(F)c(Nc3cc(-c4ccc(OC(F)F)cc4)c[nH]c3=O)n2)CC1. The molecule has 0 unspecified atom stereocenters. The number of hydrogen-bond acceptors (Lipinski definition) is 6. The standard InChI is InChI=1S/C22H22F3N5O2/c1-13-6-8-30(9-7-13)22-27-12-17(23)19(29-22)28-18-10-15(11-26-20(18)31)14-2-4-16(5-3-14)32-21(24)25/h2-5,10-13,21H,6-9H2,1H3,(H,26,31)(H,27,28,29). The van der Waals surface area contributed by atoms with Crippen molar-refractivity contribution < 1.29 is 17.9 Å². The van der Waals surface area contributed by atoms with Gasteiger partial charge in [0, 0.05) is 24.8 Å². The Morgan fingerprint density at radius 1 is 1.19 bits per heavy atom. The van der Waals surface area contributed by atoms with E-state index in [4.69, 9.17) is 0 Å². The van der Waals surface area contributed by atoms with Gasteiger partial charge in [-0.05, 0) is 42.5 Å². The summed E-state index contributed by atoms with van der Waals surface area (Å²) in [6, 6.07) is 7.49. The van der Waals surface area contributed by atoms with E-state index in [0.29, 0.717) is 23.0 Å². The molecule has 0 aliphatic carbocycles. The van der Waals surface area contributed by atoms with Crippen LogP contribution in [-0.2, 0) is 0 Å². The Labute approximate surface area is 182 Å². The highest BCUT2D eigenvalue weighted by atomic mass is 19.3. The molecule has 168 valence electrons. The lowest BCUT2D eigenvalue weighted by atomic mass is 10.00. The first kappa shape index (κ1) is 21.7. The summed E-state index contributed by atoms with van der Waals surface area (Å²) in [6.45, 7) is 0.848. The molecular weight excluding hydrogens is 423 g/mol. The number of rotatable bonds is 6. The second kappa shape index (κ2) is 9.29. The second-order valence-corrected chi connectivity index (χ2v) is 7.70. The first-order valence-electron chi connectivity index (χ1n) is 10.2. The number of alkyl halides is 2. The molecule has 32 heavy (non-hydrogen) atoms. The molecule has 7 nitrogen and oxygen atoms in total. The average molecular weight is 445 g/mol. The third-order valence-corrected chi connectivity index (χ3v) is 5.37. The van der Waals surface area contributed by atoms with Gasteiger partial charge in [-0.25, -0.2) is 9.37 Å². The number of anilines is 3. The van der Waals surface area contributed by atoms with Crippen molar-refractivity contribution in [2.24, 2.45) is 5.92 Å². The Kier molecular flexibility index (Phi) is 6.29. The first-order chi connectivity index (χ1) is 15.4. The fourth-order valence-corrected chi connectivity index (χ4v) is 3.51. The highest BCUT2D eigenvalue weighted by molar-refractivity contribution is 5.69. The summed E-state index contributed by atoms with van der Waals surface area (Å²) in [6.07, 6.45) is 4.58. The first-order valence-corrected chi connectivity index (χ1v) is 10.2. The quantitative estimate of drug-likeness (QED) is 0.579. The maximum Gasteiger partial charge on any atom is 0.387 e. The van der Waals surface area contributed by atoms with E-state index in [1.807, 2.05) is 4.90 Å². The van der Waals surface area contributed by atoms with Crippen molar-refractivity contribution in [2.45, 2.75) is 26.4 Å². The fourth-order valence-electron chi connectivity index (χ4n) is 3.51. The summed E-state index contributed by atoms with van der Waals surface area (Å²) in [5, 5.41) is 2.76. The molecule has 1 aromatic carbocycles. The van der Waals surface area contributed by atoms with Gasteiger partial charge in [-0.15, -0.1) is 0 Å². The molecule has 0 bridgehead atoms. The maximum atomic E-state index is 14.4. The topological polar surface area (TPSA) is 83.1 Å². The number of hydrogen-bond donors (Lipinski definition) is 2. The molecular formula is C22H22F3N5O2. The largest absolute Gasteiger partial charge is 0.435 e. The molecule has 0 spiro atoms. The van der Waals surface area contributed by atoms with E-state index < -0.39 is 18.0 Å². The fraction of sp³-hybridized carbons (Fsp3) is 0.318. The van der Waals surface area contributed by atoms with Crippen molar-refractivity contribution in [3.8, 4) is 16.9 Å². The van der Waals surface area contributed by atoms with Crippen molar-refractivity contribution >= 4 is 17.5 Å². The minimum atomic E-state index is -2.91. The molecule has 0 atom stereocenters. The van der Waals surface area contributed by atoms with Gasteiger partial charge in [0.25, 0.3) is 5.56 Å². The van der Waals surface area contributed by atoms with Crippen molar-refractivity contribution in [3.05, 3.63) is 58.9 Å². The van der Waals surface area contributed by atoms with E-state index in [1.165, 1.54) is 24.4 Å². The predicted molar refractivity (Wildman–Crippen MR) is 115 cm³/mol. The van der Waals surface area contributed by atoms with Crippen molar-refractivity contribution in [1.82, 2.24) is 15.0 Å². The molecule has 4 rings (SSSR count). The maximum absolute atomic E-state index is 14.4. The third kappa shape index (κ3) is 5.01. The van der Waals surface area contributed by atoms with Crippen LogP contribution < -0.4 is 20.5 Å². The minimum absolute atomic E-state index is 0.0224. The lowest BCUT2D eigenvalue weighted by molar-refractivity contribution is -0.0498. The molecule has 2 N–H and O–H groups in total. The van der Waals surface area contributed by atoms with Gasteiger partial charge in [0.05, 0.1) is 6.20 Å². The Bertz CT molecular complexity index is 1130. The molecule has 10 heteroatoms. The van der Waals surface area contributed by atoms with E-state index in [2.05, 4.69) is 31.9 Å². The van der Waals surface area contributed by atoms with E-state index in [-0.39, 0.29) is 17.3 Å². The second-order valence-electron chi connectivity index (χ2n) is 7.70. The van der Waals surface area contributed by atoms with Crippen LogP contribution in [0, 0.1) is 11.7 Å². The van der Waals surface area contributed by atoms with Crippen LogP contribution in [0.5, 0.6) is 5.75 Å². The number of H-pyrrole nitrogens is 1. The molecule has 0 radical (unpaired) electrons. The molecule has 3 heterocycles. The minimum Gasteiger partial charge on any atom is -0.435 e. The number of aromatic nitrogens is 3. The van der Waals surface area contributed by atoms with Crippen molar-refractivity contribution in [2.75, 3.05) is 23.3 Å². The lowest BCUT2D eigenvalue weighted by Gasteiger charge is -2.30. The van der Waals surface area contributed by atoms with Gasteiger partial charge in [-0.3, -0.25) is 4.79 Å². The number of benzene rings is 1. The van der Waals surface area contributed by atoms with Crippen LogP contribution in [0.25, 0.3) is 11.1 Å². The van der Waals surface area contributed by atoms with Gasteiger partial charge >= 0.3 is 6.61 Å². The van der Waals surface area contributed by atoms with Crippen LogP contribution in [-0.4, -0.2) is 34.7 Å². The van der Waals surface area contributed by atoms with E-state index >= 15 is 0 Å². The average Bonchev–Trinajstić information content (AvgIpc) is 2.77. The number of ether oxygens (including phenoxy) is 1. The highest BCUT2D eigenvalue weighted by Gasteiger charge is 2.20. The summed E-state index contributed by atoms with van der Waals surface area (Å²) in [4.78, 5) is 25.3. The zero-order valence-corrected chi connectivity index (χ0v) is 17.3. The summed E-state index contributed by atoms with van der Waals surface area (Å²) < 4.78 is 43.4. The molecule has 1 aliphatic rings. The van der Waals surface area contributed by atoms with Crippen LogP contribution >= 0.6 is 0 Å². The third-order valence-electron chi connectivity index (χ3n) is 5.37. The zero-order valence-electron chi connectivity index (χ0n) is 17.3. The summed E-state index contributed by atoms with van der Waals surface area (Å²) in [7, 11) is 0. The van der Waals surface area contributed by atoms with Crippen LogP contribution in [0.15, 0.2) is 47.5 Å². The number of halogens is 3.